The fraction of sp³-hybridized carbons (Fsp3) is 0.458. The lowest BCUT2D eigenvalue weighted by Gasteiger charge is -2.35. The molecule has 442 valence electrons. The molecular weight excluding hydrogens is 1110 g/mol. The summed E-state index contributed by atoms with van der Waals surface area (Å²) in [6.45, 7) is 14.2. The largest absolute Gasteiger partial charge is 0.391 e. The van der Waals surface area contributed by atoms with Gasteiger partial charge >= 0.3 is 0 Å². The molecule has 4 atom stereocenters. The summed E-state index contributed by atoms with van der Waals surface area (Å²) in [5, 5.41) is 26.0. The van der Waals surface area contributed by atoms with Crippen LogP contribution in [-0.2, 0) is 56.4 Å². The van der Waals surface area contributed by atoms with Crippen molar-refractivity contribution in [2.75, 3.05) is 97.4 Å². The number of aromatic nitrogens is 1. The zero-order chi connectivity index (χ0) is 58.7. The number of thiocarbonyl (C=S) groups is 1. The van der Waals surface area contributed by atoms with Crippen LogP contribution in [0.4, 0.5) is 5.69 Å². The highest BCUT2D eigenvalue weighted by Crippen LogP contribution is 2.30. The van der Waals surface area contributed by atoms with Crippen LogP contribution >= 0.6 is 23.6 Å². The fourth-order valence-electron chi connectivity index (χ4n) is 9.34. The average molecular weight is 1180 g/mol. The van der Waals surface area contributed by atoms with E-state index in [-0.39, 0.29) is 55.5 Å². The Morgan fingerprint density at radius 2 is 1.41 bits per heavy atom. The minimum atomic E-state index is -3.67. The first-order valence-electron chi connectivity index (χ1n) is 27.5. The molecule has 4 amide bonds. The van der Waals surface area contributed by atoms with E-state index in [1.165, 1.54) is 9.21 Å². The number of hydrogen-bond donors (Lipinski definition) is 6. The number of aliphatic hydroxyl groups is 1. The number of piperazine rings is 1. The Kier molecular flexibility index (Phi) is 23.8. The Bertz CT molecular complexity index is 2970. The number of carbonyl (C=O) groups excluding carboxylic acids is 4. The highest BCUT2D eigenvalue weighted by atomic mass is 32.2. The number of nitrogens with one attached hydrogen (secondary N) is 5. The van der Waals surface area contributed by atoms with Gasteiger partial charge in [0.1, 0.15) is 18.7 Å². The molecule has 2 aliphatic rings. The van der Waals surface area contributed by atoms with Gasteiger partial charge in [-0.05, 0) is 90.1 Å². The summed E-state index contributed by atoms with van der Waals surface area (Å²) < 4.78 is 50.7. The SMILES string of the molecule is Cc1ncsc1-c1ccc(C(C)NC(=O)C2CC(O)CN2C(=O)C(NC(=O)COCCOCCOCCOCCNC(=O)c2ccc(CN3CCN(S(=O)(=O)c4ccc(NC(=S)NCc5ccccc5)cc4)CC3)cc2)C(C)(C)C)cc1. The van der Waals surface area contributed by atoms with Crippen LogP contribution in [0.25, 0.3) is 10.4 Å². The number of hydrogen-bond acceptors (Lipinski definition) is 15. The molecule has 4 unspecified atom stereocenters. The number of likely N-dealkylation sites (tertiary alicyclic amines) is 1. The number of aryl methyl sites for hydroxylation is 1. The number of β-amino-alcohol motifs (C(OH)–C–C–N with tert-alkyl or cyclic N) is 1. The standard InChI is InChI=1S/C59H77N9O11S3/c1-41(45-15-17-46(18-16-45)53-42(2)62-40-81-53)63-56(72)51-35-49(69)38-68(51)57(73)54(59(3,4)5)65-52(70)39-79-34-33-78-32-31-77-30-29-76-28-23-60-55(71)47-13-11-44(12-14-47)37-66-24-26-67(27-25-66)82(74,75)50-21-19-48(20-22-50)64-58(80)61-36-43-9-7-6-8-10-43/h6-22,40-41,49,51,54,69H,23-39H2,1-5H3,(H,60,71)(H,63,72)(H,65,70)(H2,61,64,80). The van der Waals surface area contributed by atoms with Crippen LogP contribution in [0.1, 0.15) is 72.9 Å². The summed E-state index contributed by atoms with van der Waals surface area (Å²) in [6, 6.07) is 29.5. The van der Waals surface area contributed by atoms with Gasteiger partial charge in [-0.1, -0.05) is 87.5 Å². The smallest absolute Gasteiger partial charge is 0.251 e. The van der Waals surface area contributed by atoms with Crippen molar-refractivity contribution in [1.82, 2.24) is 40.4 Å². The summed E-state index contributed by atoms with van der Waals surface area (Å²) in [7, 11) is -3.67. The molecule has 0 aliphatic carbocycles. The van der Waals surface area contributed by atoms with Gasteiger partial charge in [0, 0.05) is 70.0 Å². The molecule has 0 spiro atoms. The molecule has 2 fully saturated rings. The first-order valence-corrected chi connectivity index (χ1v) is 30.3. The van der Waals surface area contributed by atoms with Crippen LogP contribution in [0.2, 0.25) is 0 Å². The number of rotatable bonds is 28. The lowest BCUT2D eigenvalue weighted by atomic mass is 9.85. The summed E-state index contributed by atoms with van der Waals surface area (Å²) in [6.07, 6.45) is -0.816. The first kappa shape index (κ1) is 63.3. The van der Waals surface area contributed by atoms with Gasteiger partial charge < -0.3 is 55.5 Å². The second-order valence-corrected chi connectivity index (χ2v) is 24.4. The van der Waals surface area contributed by atoms with Crippen LogP contribution in [0.15, 0.2) is 114 Å². The van der Waals surface area contributed by atoms with Crippen LogP contribution in [0, 0.1) is 12.3 Å². The quantitative estimate of drug-likeness (QED) is 0.0276. The number of amides is 4. The van der Waals surface area contributed by atoms with E-state index in [4.69, 9.17) is 31.2 Å². The maximum atomic E-state index is 14.0. The third-order valence-corrected chi connectivity index (χ3v) is 17.1. The molecule has 1 aromatic heterocycles. The predicted octanol–water partition coefficient (Wildman–Crippen LogP) is 5.28. The van der Waals surface area contributed by atoms with Crippen molar-refractivity contribution in [3.63, 3.8) is 0 Å². The van der Waals surface area contributed by atoms with E-state index in [1.54, 1.807) is 47.7 Å². The number of sulfonamides is 1. The van der Waals surface area contributed by atoms with Crippen molar-refractivity contribution in [2.45, 2.75) is 83.3 Å². The molecule has 6 N–H and O–H groups in total. The van der Waals surface area contributed by atoms with Gasteiger partial charge in [-0.3, -0.25) is 24.1 Å². The van der Waals surface area contributed by atoms with Crippen molar-refractivity contribution < 1.29 is 51.6 Å². The lowest BCUT2D eigenvalue weighted by molar-refractivity contribution is -0.144. The monoisotopic (exact) mass is 1180 g/mol. The lowest BCUT2D eigenvalue weighted by Crippen LogP contribution is -2.58. The van der Waals surface area contributed by atoms with Gasteiger partial charge in [0.2, 0.25) is 27.7 Å². The number of benzene rings is 4. The van der Waals surface area contributed by atoms with E-state index in [2.05, 4.69) is 36.5 Å². The summed E-state index contributed by atoms with van der Waals surface area (Å²) in [5.41, 5.74) is 7.29. The highest BCUT2D eigenvalue weighted by Gasteiger charge is 2.45. The predicted molar refractivity (Wildman–Crippen MR) is 318 cm³/mol. The zero-order valence-electron chi connectivity index (χ0n) is 47.3. The van der Waals surface area contributed by atoms with Gasteiger partial charge in [0.15, 0.2) is 5.11 Å². The van der Waals surface area contributed by atoms with E-state index in [9.17, 15) is 32.7 Å². The van der Waals surface area contributed by atoms with Gasteiger partial charge in [0.05, 0.1) is 79.4 Å². The van der Waals surface area contributed by atoms with Gasteiger partial charge in [-0.25, -0.2) is 13.4 Å². The second-order valence-electron chi connectivity index (χ2n) is 21.2. The molecular formula is C59H77N9O11S3. The Balaban J connectivity index is 0.693. The topological polar surface area (TPSA) is 242 Å². The minimum Gasteiger partial charge on any atom is -0.391 e. The average Bonchev–Trinajstić information content (AvgIpc) is 4.17. The zero-order valence-corrected chi connectivity index (χ0v) is 49.7. The molecule has 4 aromatic carbocycles. The molecule has 0 bridgehead atoms. The highest BCUT2D eigenvalue weighted by molar-refractivity contribution is 7.89. The number of carbonyl (C=O) groups is 4. The molecule has 23 heteroatoms. The number of aliphatic hydroxyl groups excluding tert-OH is 1. The van der Waals surface area contributed by atoms with Crippen LogP contribution in [0.5, 0.6) is 0 Å². The van der Waals surface area contributed by atoms with Crippen LogP contribution in [-0.4, -0.2) is 172 Å². The normalized spacial score (nSPS) is 16.7. The van der Waals surface area contributed by atoms with Gasteiger partial charge in [0.25, 0.3) is 5.91 Å². The summed E-state index contributed by atoms with van der Waals surface area (Å²) in [5.74, 6) is -1.57. The number of ether oxygens (including phenoxy) is 4. The Hall–Kier alpha value is -6.25. The van der Waals surface area contributed by atoms with Crippen molar-refractivity contribution in [3.05, 3.63) is 137 Å². The summed E-state index contributed by atoms with van der Waals surface area (Å²) >= 11 is 6.97. The van der Waals surface area contributed by atoms with Gasteiger partial charge in [-0.2, -0.15) is 4.31 Å². The summed E-state index contributed by atoms with van der Waals surface area (Å²) in [4.78, 5) is 62.7. The van der Waals surface area contributed by atoms with E-state index in [0.29, 0.717) is 95.2 Å². The third-order valence-electron chi connectivity index (χ3n) is 13.9. The Morgan fingerprint density at radius 1 is 0.780 bits per heavy atom. The Morgan fingerprint density at radius 3 is 2.04 bits per heavy atom. The second kappa shape index (κ2) is 30.9. The molecule has 2 aliphatic heterocycles. The van der Waals surface area contributed by atoms with E-state index in [0.717, 1.165) is 32.8 Å². The van der Waals surface area contributed by atoms with Crippen LogP contribution < -0.4 is 26.6 Å². The molecule has 0 saturated carbocycles. The molecule has 7 rings (SSSR count). The van der Waals surface area contributed by atoms with E-state index < -0.39 is 45.4 Å². The maximum Gasteiger partial charge on any atom is 0.251 e. The number of nitrogens with zero attached hydrogens (tertiary/aromatic N) is 4. The minimum absolute atomic E-state index is 0.0353. The Labute approximate surface area is 490 Å². The van der Waals surface area contributed by atoms with E-state index in [1.807, 2.05) is 107 Å². The molecule has 0 radical (unpaired) electrons. The molecule has 82 heavy (non-hydrogen) atoms. The molecule has 2 saturated heterocycles. The van der Waals surface area contributed by atoms with Crippen molar-refractivity contribution in [1.29, 1.82) is 0 Å². The molecule has 20 nitrogen and oxygen atoms in total. The third kappa shape index (κ3) is 18.9. The van der Waals surface area contributed by atoms with Crippen molar-refractivity contribution in [2.24, 2.45) is 5.41 Å². The number of anilines is 1. The fourth-order valence-corrected chi connectivity index (χ4v) is 11.8. The molecule has 5 aromatic rings. The molecule has 3 heterocycles. The maximum absolute atomic E-state index is 14.0. The van der Waals surface area contributed by atoms with Crippen LogP contribution in [0.3, 0.4) is 0 Å². The first-order chi connectivity index (χ1) is 39.3. The van der Waals surface area contributed by atoms with Gasteiger partial charge in [-0.15, -0.1) is 11.3 Å². The number of thiazole rings is 1. The van der Waals surface area contributed by atoms with Crippen molar-refractivity contribution in [3.8, 4) is 10.4 Å². The van der Waals surface area contributed by atoms with E-state index >= 15 is 0 Å². The van der Waals surface area contributed by atoms with Crippen molar-refractivity contribution >= 4 is 68.0 Å².